The summed E-state index contributed by atoms with van der Waals surface area (Å²) in [5.74, 6) is 0.780. The molecule has 0 heterocycles. The molecule has 1 rings (SSSR count). The molecular formula is C8H13ORb. The molecule has 1 aliphatic rings. The summed E-state index contributed by atoms with van der Waals surface area (Å²) in [6.45, 7) is 8.42. The van der Waals surface area contributed by atoms with E-state index in [1.807, 2.05) is 0 Å². The Balaban J connectivity index is 2.81. The molecule has 52 valence electrons. The number of Topliss-reactive ketones (excluding diaryl/α,β-unsaturated/α-hetero) is 1. The Morgan fingerprint density at radius 3 is 1.70 bits per heavy atom. The Labute approximate surface area is 102 Å². The fourth-order valence-corrected chi connectivity index (χ4v) is 5.34. The zero-order valence-electron chi connectivity index (χ0n) is 7.49. The molecule has 0 saturated heterocycles. The van der Waals surface area contributed by atoms with Gasteiger partial charge in [-0.2, -0.15) is 0 Å². The third kappa shape index (κ3) is 1.14. The van der Waals surface area contributed by atoms with Crippen molar-refractivity contribution in [3.63, 3.8) is 0 Å². The van der Waals surface area contributed by atoms with Gasteiger partial charge in [0.05, 0.1) is 0 Å². The van der Waals surface area contributed by atoms with Crippen LogP contribution in [-0.2, 0) is 4.79 Å². The Bertz CT molecular complexity index is 168. The molecule has 10 heavy (non-hydrogen) atoms. The van der Waals surface area contributed by atoms with Gasteiger partial charge in [-0.05, 0) is 0 Å². The van der Waals surface area contributed by atoms with Crippen LogP contribution in [0, 0.1) is 11.3 Å². The van der Waals surface area contributed by atoms with Gasteiger partial charge in [0.25, 0.3) is 0 Å². The van der Waals surface area contributed by atoms with Crippen LogP contribution in [0.4, 0.5) is 0 Å². The van der Waals surface area contributed by atoms with Gasteiger partial charge in [-0.1, -0.05) is 0 Å². The summed E-state index contributed by atoms with van der Waals surface area (Å²) in [6.07, 6.45) is 0. The Morgan fingerprint density at radius 1 is 1.40 bits per heavy atom. The average molecular weight is 211 g/mol. The molecular weight excluding hydrogens is 198 g/mol. The van der Waals surface area contributed by atoms with Gasteiger partial charge in [0.15, 0.2) is 0 Å². The van der Waals surface area contributed by atoms with E-state index < -0.39 is 0 Å². The van der Waals surface area contributed by atoms with Crippen molar-refractivity contribution in [1.29, 1.82) is 0 Å². The van der Waals surface area contributed by atoms with E-state index in [1.165, 1.54) is 0 Å². The van der Waals surface area contributed by atoms with Crippen LogP contribution < -0.4 is 0 Å². The van der Waals surface area contributed by atoms with Crippen LogP contribution in [0.2, 0.25) is -1.52 Å². The van der Waals surface area contributed by atoms with E-state index in [0.29, 0.717) is 71.1 Å². The van der Waals surface area contributed by atoms with E-state index in [9.17, 15) is 4.79 Å². The summed E-state index contributed by atoms with van der Waals surface area (Å²) in [5, 5.41) is 0. The molecule has 2 atom stereocenters. The van der Waals surface area contributed by atoms with Crippen LogP contribution in [0.25, 0.3) is 0 Å². The summed E-state index contributed by atoms with van der Waals surface area (Å²) in [4.78, 5) is 11.1. The predicted molar refractivity (Wildman–Crippen MR) is 42.1 cm³/mol. The maximum absolute atomic E-state index is 11.1. The summed E-state index contributed by atoms with van der Waals surface area (Å²) >= 11 is 0.611. The van der Waals surface area contributed by atoms with Crippen molar-refractivity contribution >= 4 is 61.3 Å². The summed E-state index contributed by atoms with van der Waals surface area (Å²) in [5.41, 5.74) is 0.328. The first-order valence-electron chi connectivity index (χ1n) is 3.82. The van der Waals surface area contributed by atoms with E-state index in [1.54, 1.807) is 6.92 Å². The van der Waals surface area contributed by atoms with Crippen LogP contribution in [0.3, 0.4) is 0 Å². The molecule has 0 N–H and O–H groups in total. The minimum absolute atomic E-state index is 0.328. The molecule has 0 aromatic rings. The third-order valence-electron chi connectivity index (χ3n) is 3.43. The zero-order valence-corrected chi connectivity index (χ0v) is 12.4. The van der Waals surface area contributed by atoms with Crippen molar-refractivity contribution in [2.75, 3.05) is 0 Å². The molecule has 0 aromatic heterocycles. The van der Waals surface area contributed by atoms with Gasteiger partial charge in [-0.25, -0.2) is 0 Å². The van der Waals surface area contributed by atoms with Gasteiger partial charge in [0.1, 0.15) is 0 Å². The van der Waals surface area contributed by atoms with Crippen molar-refractivity contribution in [3.8, 4) is 0 Å². The Kier molecular flexibility index (Phi) is 2.37. The first-order chi connectivity index (χ1) is 4.32. The van der Waals surface area contributed by atoms with E-state index >= 15 is 0 Å². The molecule has 1 fully saturated rings. The molecule has 0 radical (unpaired) electrons. The molecule has 0 aliphatic heterocycles. The van der Waals surface area contributed by atoms with Gasteiger partial charge in [-0.3, -0.25) is 0 Å². The van der Waals surface area contributed by atoms with E-state index in [-0.39, 0.29) is 0 Å². The predicted octanol–water partition coefficient (Wildman–Crippen LogP) is 1.58. The van der Waals surface area contributed by atoms with Crippen molar-refractivity contribution in [2.24, 2.45) is 11.3 Å². The normalized spacial score (nSPS) is 43.2. The topological polar surface area (TPSA) is 17.1 Å². The average Bonchev–Trinajstić information content (AvgIpc) is 1.97. The Morgan fingerprint density at radius 2 is 1.70 bits per heavy atom. The van der Waals surface area contributed by atoms with Gasteiger partial charge >= 0.3 is 104 Å². The molecule has 0 amide bonds. The molecule has 2 heteroatoms. The van der Waals surface area contributed by atoms with Gasteiger partial charge in [0, 0.05) is 0 Å². The zero-order chi connectivity index (χ0) is 8.15. The molecule has 2 unspecified atom stereocenters. The molecule has 1 aliphatic carbocycles. The third-order valence-corrected chi connectivity index (χ3v) is 8.01. The summed E-state index contributed by atoms with van der Waals surface area (Å²) < 4.78 is 0.445. The van der Waals surface area contributed by atoms with E-state index in [4.69, 9.17) is 0 Å². The SMILES string of the molecule is CC(=O)C1C(C)(C)[C]1(C)[Rb]. The van der Waals surface area contributed by atoms with Crippen molar-refractivity contribution in [2.45, 2.75) is 26.2 Å². The van der Waals surface area contributed by atoms with Crippen molar-refractivity contribution < 1.29 is 4.79 Å². The van der Waals surface area contributed by atoms with Crippen LogP contribution in [0.5, 0.6) is 0 Å². The number of ketones is 1. The molecule has 1 saturated carbocycles. The second-order valence-electron chi connectivity index (χ2n) is 4.49. The Hall–Kier alpha value is 1.48. The number of carbonyl (C=O) groups is 1. The van der Waals surface area contributed by atoms with Crippen LogP contribution in [0.15, 0.2) is 0 Å². The minimum atomic E-state index is 0.328. The van der Waals surface area contributed by atoms with Gasteiger partial charge < -0.3 is 0 Å². The monoisotopic (exact) mass is 210 g/mol. The van der Waals surface area contributed by atoms with Crippen molar-refractivity contribution in [3.05, 3.63) is 0 Å². The maximum atomic E-state index is 11.1. The standard InChI is InChI=1S/C8H13O.Rb/c1-5-7(6(2)9)8(5,3)4;/h7H,1-4H3;. The molecule has 0 aromatic carbocycles. The summed E-state index contributed by atoms with van der Waals surface area (Å²) in [7, 11) is 0. The van der Waals surface area contributed by atoms with Crippen LogP contribution in [0.1, 0.15) is 27.7 Å². The molecule has 1 nitrogen and oxygen atoms in total. The molecule has 0 bridgehead atoms. The number of hydrogen-bond donors (Lipinski definition) is 0. The number of rotatable bonds is 1. The second-order valence-corrected chi connectivity index (χ2v) is 9.59. The molecule has 0 spiro atoms. The van der Waals surface area contributed by atoms with Crippen LogP contribution >= 0.6 is 0 Å². The van der Waals surface area contributed by atoms with Gasteiger partial charge in [-0.15, -0.1) is 0 Å². The fourth-order valence-electron chi connectivity index (χ4n) is 2.21. The summed E-state index contributed by atoms with van der Waals surface area (Å²) in [6, 6.07) is 0. The van der Waals surface area contributed by atoms with E-state index in [2.05, 4.69) is 20.8 Å². The number of carbonyl (C=O) groups excluding carboxylic acids is 1. The van der Waals surface area contributed by atoms with Crippen molar-refractivity contribution in [1.82, 2.24) is 0 Å². The quantitative estimate of drug-likeness (QED) is 0.642. The van der Waals surface area contributed by atoms with Gasteiger partial charge in [0.2, 0.25) is 0 Å². The number of hydrogen-bond acceptors (Lipinski definition) is 1. The second kappa shape index (κ2) is 2.48. The first kappa shape index (κ1) is 9.56. The van der Waals surface area contributed by atoms with E-state index in [0.717, 1.165) is 0 Å². The fraction of sp³-hybridized carbons (Fsp3) is 0.875. The first-order valence-corrected chi connectivity index (χ1v) is 6.28. The van der Waals surface area contributed by atoms with Crippen LogP contribution in [-0.4, -0.2) is 61.3 Å².